The van der Waals surface area contributed by atoms with Crippen molar-refractivity contribution in [2.45, 2.75) is 68.7 Å². The zero-order valence-electron chi connectivity index (χ0n) is 19.2. The second-order valence-corrected chi connectivity index (χ2v) is 11.5. The lowest BCUT2D eigenvalue weighted by atomic mass is 9.35. The van der Waals surface area contributed by atoms with E-state index in [1.807, 2.05) is 0 Å². The summed E-state index contributed by atoms with van der Waals surface area (Å²) in [6.07, 6.45) is 1.73. The van der Waals surface area contributed by atoms with Crippen LogP contribution in [-0.2, 0) is 14.2 Å². The highest BCUT2D eigenvalue weighted by Crippen LogP contribution is 2.80. The standard InChI is InChI=1S/C24H39NO6/c1-5-25-10-22(11-29-2)15(26)6-7-23-13-8-12-16(13)24(28,9-14(30-3)18(12)27)17(21(23)25)19(31-4)20(22)23/h12-21,26-28H,5-11H2,1-4H3/t12?,13-,14-,15?,16+,17+,18-,19+,20-,21-,22+,23-,24-/m1/s1. The zero-order valence-corrected chi connectivity index (χ0v) is 19.2. The van der Waals surface area contributed by atoms with Crippen LogP contribution in [0.3, 0.4) is 0 Å². The van der Waals surface area contributed by atoms with Gasteiger partial charge in [0.2, 0.25) is 0 Å². The third-order valence-corrected chi connectivity index (χ3v) is 11.2. The van der Waals surface area contributed by atoms with Crippen molar-refractivity contribution in [3.8, 4) is 0 Å². The summed E-state index contributed by atoms with van der Waals surface area (Å²) < 4.78 is 17.8. The predicted octanol–water partition coefficient (Wildman–Crippen LogP) is 0.502. The summed E-state index contributed by atoms with van der Waals surface area (Å²) in [5.41, 5.74) is -1.30. The molecule has 7 heteroatoms. The molecular formula is C24H39NO6. The molecule has 5 bridgehead atoms. The molecule has 31 heavy (non-hydrogen) atoms. The Morgan fingerprint density at radius 3 is 2.52 bits per heavy atom. The van der Waals surface area contributed by atoms with Gasteiger partial charge >= 0.3 is 0 Å². The van der Waals surface area contributed by atoms with E-state index in [4.69, 9.17) is 14.2 Å². The van der Waals surface area contributed by atoms with Crippen LogP contribution in [0.5, 0.6) is 0 Å². The van der Waals surface area contributed by atoms with Crippen molar-refractivity contribution in [2.75, 3.05) is 41.0 Å². The molecule has 0 aromatic carbocycles. The van der Waals surface area contributed by atoms with E-state index in [1.54, 1.807) is 21.3 Å². The van der Waals surface area contributed by atoms with Crippen LogP contribution < -0.4 is 0 Å². The minimum Gasteiger partial charge on any atom is -0.392 e. The van der Waals surface area contributed by atoms with Gasteiger partial charge in [-0.3, -0.25) is 4.90 Å². The molecule has 6 rings (SSSR count). The van der Waals surface area contributed by atoms with Gasteiger partial charge in [0, 0.05) is 57.6 Å². The fraction of sp³-hybridized carbons (Fsp3) is 1.00. The first kappa shape index (κ1) is 21.3. The van der Waals surface area contributed by atoms with Crippen LogP contribution in [0.25, 0.3) is 0 Å². The number of aliphatic hydroxyl groups is 3. The highest BCUT2D eigenvalue weighted by Gasteiger charge is 2.85. The maximum Gasteiger partial charge on any atom is 0.0860 e. The molecule has 0 aromatic rings. The van der Waals surface area contributed by atoms with Crippen LogP contribution in [0.2, 0.25) is 0 Å². The Balaban J connectivity index is 1.57. The number of rotatable bonds is 5. The minimum atomic E-state index is -0.914. The molecule has 13 atom stereocenters. The van der Waals surface area contributed by atoms with Crippen LogP contribution >= 0.6 is 0 Å². The normalized spacial score (nSPS) is 61.6. The number of nitrogens with zero attached hydrogens (tertiary/aromatic N) is 1. The summed E-state index contributed by atoms with van der Waals surface area (Å²) >= 11 is 0. The molecular weight excluding hydrogens is 398 g/mol. The van der Waals surface area contributed by atoms with Gasteiger partial charge in [0.25, 0.3) is 0 Å². The molecule has 5 aliphatic carbocycles. The topological polar surface area (TPSA) is 91.6 Å². The number of ether oxygens (including phenoxy) is 3. The Labute approximate surface area is 185 Å². The van der Waals surface area contributed by atoms with Gasteiger partial charge in [-0.2, -0.15) is 0 Å². The second kappa shape index (κ2) is 6.65. The Morgan fingerprint density at radius 1 is 1.10 bits per heavy atom. The summed E-state index contributed by atoms with van der Waals surface area (Å²) in [5, 5.41) is 34.9. The SMILES string of the molecule is CCN1C[C@]2(COC)C(O)CC[C@@]34[C@@H]5CC6[C@@H](O)[C@H](OC)C[C@](O)([C@@H]([C@H](OC)[C@H]23)[C@@H]14)[C@@H]65. The number of aliphatic hydroxyl groups excluding tert-OH is 2. The zero-order chi connectivity index (χ0) is 21.9. The third-order valence-electron chi connectivity index (χ3n) is 11.2. The summed E-state index contributed by atoms with van der Waals surface area (Å²) in [4.78, 5) is 2.54. The van der Waals surface area contributed by atoms with Crippen molar-refractivity contribution < 1.29 is 29.5 Å². The molecule has 1 saturated heterocycles. The fourth-order valence-corrected chi connectivity index (χ4v) is 10.5. The number of hydrogen-bond acceptors (Lipinski definition) is 7. The average molecular weight is 438 g/mol. The summed E-state index contributed by atoms with van der Waals surface area (Å²) in [5.74, 6) is 0.638. The molecule has 3 N–H and O–H groups in total. The Hall–Kier alpha value is -0.280. The van der Waals surface area contributed by atoms with Gasteiger partial charge in [0.1, 0.15) is 0 Å². The van der Waals surface area contributed by atoms with Crippen molar-refractivity contribution in [3.05, 3.63) is 0 Å². The van der Waals surface area contributed by atoms with E-state index in [-0.39, 0.29) is 52.8 Å². The third kappa shape index (κ3) is 2.12. The van der Waals surface area contributed by atoms with E-state index < -0.39 is 17.8 Å². The number of hydrogen-bond donors (Lipinski definition) is 3. The van der Waals surface area contributed by atoms with Gasteiger partial charge in [-0.25, -0.2) is 0 Å². The molecule has 0 amide bonds. The molecule has 6 fully saturated rings. The Kier molecular flexibility index (Phi) is 4.56. The van der Waals surface area contributed by atoms with Crippen LogP contribution in [0.15, 0.2) is 0 Å². The average Bonchev–Trinajstić information content (AvgIpc) is 2.91. The first-order chi connectivity index (χ1) is 14.9. The summed E-state index contributed by atoms with van der Waals surface area (Å²) in [6.45, 7) is 4.39. The summed E-state index contributed by atoms with van der Waals surface area (Å²) in [7, 11) is 5.17. The van der Waals surface area contributed by atoms with Crippen LogP contribution in [0.4, 0.5) is 0 Å². The fourth-order valence-electron chi connectivity index (χ4n) is 10.5. The number of piperidine rings is 1. The molecule has 0 aromatic heterocycles. The van der Waals surface area contributed by atoms with Crippen molar-refractivity contribution >= 4 is 0 Å². The van der Waals surface area contributed by atoms with Gasteiger partial charge in [-0.05, 0) is 49.0 Å². The monoisotopic (exact) mass is 437 g/mol. The molecule has 6 aliphatic rings. The van der Waals surface area contributed by atoms with Crippen LogP contribution in [0, 0.1) is 40.4 Å². The smallest absolute Gasteiger partial charge is 0.0860 e. The quantitative estimate of drug-likeness (QED) is 0.577. The first-order valence-electron chi connectivity index (χ1n) is 12.2. The highest BCUT2D eigenvalue weighted by atomic mass is 16.5. The predicted molar refractivity (Wildman–Crippen MR) is 112 cm³/mol. The number of fused-ring (bicyclic) bond motifs is 1. The molecule has 1 spiro atoms. The number of methoxy groups -OCH3 is 3. The minimum absolute atomic E-state index is 0.00435. The second-order valence-electron chi connectivity index (χ2n) is 11.5. The Morgan fingerprint density at radius 2 is 1.87 bits per heavy atom. The van der Waals surface area contributed by atoms with E-state index in [0.717, 1.165) is 32.4 Å². The molecule has 7 nitrogen and oxygen atoms in total. The molecule has 5 saturated carbocycles. The molecule has 176 valence electrons. The van der Waals surface area contributed by atoms with Gasteiger partial charge in [0.05, 0.1) is 36.6 Å². The highest BCUT2D eigenvalue weighted by molar-refractivity contribution is 5.35. The Bertz CT molecular complexity index is 752. The van der Waals surface area contributed by atoms with Crippen LogP contribution in [0.1, 0.15) is 32.6 Å². The maximum absolute atomic E-state index is 12.5. The van der Waals surface area contributed by atoms with E-state index >= 15 is 0 Å². The molecule has 2 unspecified atom stereocenters. The lowest BCUT2D eigenvalue weighted by Crippen LogP contribution is -2.80. The van der Waals surface area contributed by atoms with Gasteiger partial charge in [-0.1, -0.05) is 6.92 Å². The van der Waals surface area contributed by atoms with E-state index in [0.29, 0.717) is 18.9 Å². The van der Waals surface area contributed by atoms with Crippen molar-refractivity contribution in [3.63, 3.8) is 0 Å². The molecule has 1 aliphatic heterocycles. The van der Waals surface area contributed by atoms with Gasteiger partial charge < -0.3 is 29.5 Å². The van der Waals surface area contributed by atoms with Gasteiger partial charge in [0.15, 0.2) is 0 Å². The molecule has 0 radical (unpaired) electrons. The summed E-state index contributed by atoms with van der Waals surface area (Å²) in [6, 6.07) is 0.241. The lowest BCUT2D eigenvalue weighted by Gasteiger charge is -2.74. The number of likely N-dealkylation sites (tertiary alicyclic amines) is 1. The molecule has 1 heterocycles. The van der Waals surface area contributed by atoms with Gasteiger partial charge in [-0.15, -0.1) is 0 Å². The largest absolute Gasteiger partial charge is 0.392 e. The van der Waals surface area contributed by atoms with E-state index in [2.05, 4.69) is 11.8 Å². The maximum atomic E-state index is 12.5. The van der Waals surface area contributed by atoms with Crippen molar-refractivity contribution in [2.24, 2.45) is 40.4 Å². The van der Waals surface area contributed by atoms with E-state index in [9.17, 15) is 15.3 Å². The van der Waals surface area contributed by atoms with Crippen LogP contribution in [-0.4, -0.2) is 97.3 Å². The van der Waals surface area contributed by atoms with E-state index in [1.165, 1.54) is 0 Å². The van der Waals surface area contributed by atoms with Crippen molar-refractivity contribution in [1.82, 2.24) is 4.90 Å². The van der Waals surface area contributed by atoms with Crippen molar-refractivity contribution in [1.29, 1.82) is 0 Å². The lowest BCUT2D eigenvalue weighted by molar-refractivity contribution is -0.323. The first-order valence-corrected chi connectivity index (χ1v) is 12.2.